The first-order chi connectivity index (χ1) is 6.03. The minimum absolute atomic E-state index is 0.112. The predicted molar refractivity (Wildman–Crippen MR) is 55.8 cm³/mol. The van der Waals surface area contributed by atoms with Crippen LogP contribution in [0.5, 0.6) is 0 Å². The second-order valence-corrected chi connectivity index (χ2v) is 5.09. The van der Waals surface area contributed by atoms with Gasteiger partial charge in [0.25, 0.3) is 0 Å². The Hall–Kier alpha value is -0.0800. The van der Waals surface area contributed by atoms with Crippen LogP contribution in [-0.2, 0) is 0 Å². The van der Waals surface area contributed by atoms with E-state index in [-0.39, 0.29) is 6.10 Å². The third-order valence-electron chi connectivity index (χ3n) is 2.85. The summed E-state index contributed by atoms with van der Waals surface area (Å²) >= 11 is 0. The molecule has 1 N–H and O–H groups in total. The van der Waals surface area contributed by atoms with Gasteiger partial charge in [0, 0.05) is 13.1 Å². The zero-order valence-corrected chi connectivity index (χ0v) is 9.21. The van der Waals surface area contributed by atoms with Crippen molar-refractivity contribution in [3.63, 3.8) is 0 Å². The molecule has 1 aliphatic rings. The lowest BCUT2D eigenvalue weighted by atomic mass is 9.93. The van der Waals surface area contributed by atoms with Crippen molar-refractivity contribution in [2.75, 3.05) is 19.6 Å². The first kappa shape index (κ1) is 11.0. The number of aliphatic hydroxyl groups excluding tert-OH is 1. The minimum atomic E-state index is -0.112. The molecule has 1 atom stereocenters. The molecule has 0 aromatic carbocycles. The largest absolute Gasteiger partial charge is 0.392 e. The molecule has 1 rings (SSSR count). The van der Waals surface area contributed by atoms with Crippen LogP contribution in [0.4, 0.5) is 0 Å². The number of likely N-dealkylation sites (tertiary alicyclic amines) is 1. The summed E-state index contributed by atoms with van der Waals surface area (Å²) in [6, 6.07) is 0. The van der Waals surface area contributed by atoms with Crippen LogP contribution >= 0.6 is 0 Å². The standard InChI is InChI=1S/C11H23NO/c1-4-5-10(13)8-12-7-6-11(2,3)9-12/h10,13H,4-9H2,1-3H3. The molecule has 0 saturated carbocycles. The molecule has 0 radical (unpaired) electrons. The van der Waals surface area contributed by atoms with Crippen molar-refractivity contribution in [1.29, 1.82) is 0 Å². The van der Waals surface area contributed by atoms with Crippen LogP contribution in [0.15, 0.2) is 0 Å². The average molecular weight is 185 g/mol. The summed E-state index contributed by atoms with van der Waals surface area (Å²) in [7, 11) is 0. The van der Waals surface area contributed by atoms with Crippen molar-refractivity contribution in [2.24, 2.45) is 5.41 Å². The quantitative estimate of drug-likeness (QED) is 0.723. The van der Waals surface area contributed by atoms with Crippen LogP contribution in [0.1, 0.15) is 40.0 Å². The molecular weight excluding hydrogens is 162 g/mol. The molecule has 78 valence electrons. The highest BCUT2D eigenvalue weighted by atomic mass is 16.3. The van der Waals surface area contributed by atoms with Crippen molar-refractivity contribution >= 4 is 0 Å². The molecule has 0 amide bonds. The monoisotopic (exact) mass is 185 g/mol. The van der Waals surface area contributed by atoms with E-state index in [4.69, 9.17) is 0 Å². The summed E-state index contributed by atoms with van der Waals surface area (Å²) in [5.41, 5.74) is 0.464. The molecule has 0 aliphatic carbocycles. The predicted octanol–water partition coefficient (Wildman–Crippen LogP) is 1.88. The maximum atomic E-state index is 9.64. The summed E-state index contributed by atoms with van der Waals surface area (Å²) in [6.07, 6.45) is 3.18. The van der Waals surface area contributed by atoms with E-state index in [1.165, 1.54) is 6.42 Å². The van der Waals surface area contributed by atoms with Crippen LogP contribution in [0, 0.1) is 5.41 Å². The zero-order chi connectivity index (χ0) is 9.90. The third-order valence-corrected chi connectivity index (χ3v) is 2.85. The fourth-order valence-corrected chi connectivity index (χ4v) is 2.10. The average Bonchev–Trinajstić information content (AvgIpc) is 2.30. The fraction of sp³-hybridized carbons (Fsp3) is 1.00. The topological polar surface area (TPSA) is 23.5 Å². The first-order valence-electron chi connectivity index (χ1n) is 5.44. The number of hydrogen-bond donors (Lipinski definition) is 1. The molecule has 13 heavy (non-hydrogen) atoms. The Kier molecular flexibility index (Phi) is 3.74. The molecule has 0 aromatic rings. The van der Waals surface area contributed by atoms with Gasteiger partial charge in [0.05, 0.1) is 6.10 Å². The normalized spacial score (nSPS) is 24.9. The highest BCUT2D eigenvalue weighted by molar-refractivity contribution is 4.83. The number of β-amino-alcohol motifs (C(OH)–C–C–N with tert-alkyl or cyclic N) is 1. The van der Waals surface area contributed by atoms with Gasteiger partial charge in [-0.15, -0.1) is 0 Å². The van der Waals surface area contributed by atoms with Crippen molar-refractivity contribution in [3.05, 3.63) is 0 Å². The Bertz CT molecular complexity index is 156. The summed E-state index contributed by atoms with van der Waals surface area (Å²) in [6.45, 7) is 9.91. The first-order valence-corrected chi connectivity index (χ1v) is 5.44. The molecule has 0 aromatic heterocycles. The Morgan fingerprint density at radius 3 is 2.62 bits per heavy atom. The summed E-state index contributed by atoms with van der Waals surface area (Å²) in [5.74, 6) is 0. The van der Waals surface area contributed by atoms with Gasteiger partial charge in [-0.25, -0.2) is 0 Å². The van der Waals surface area contributed by atoms with E-state index in [1.807, 2.05) is 0 Å². The second-order valence-electron chi connectivity index (χ2n) is 5.09. The van der Waals surface area contributed by atoms with Gasteiger partial charge >= 0.3 is 0 Å². The molecule has 1 heterocycles. The van der Waals surface area contributed by atoms with Crippen LogP contribution in [0.25, 0.3) is 0 Å². The molecule has 1 aliphatic heterocycles. The molecule has 1 saturated heterocycles. The summed E-state index contributed by atoms with van der Waals surface area (Å²) < 4.78 is 0. The van der Waals surface area contributed by atoms with E-state index in [0.29, 0.717) is 5.41 Å². The Morgan fingerprint density at radius 1 is 1.46 bits per heavy atom. The van der Waals surface area contributed by atoms with Gasteiger partial charge in [-0.1, -0.05) is 27.2 Å². The van der Waals surface area contributed by atoms with E-state index in [0.717, 1.165) is 32.5 Å². The zero-order valence-electron chi connectivity index (χ0n) is 9.21. The smallest absolute Gasteiger partial charge is 0.0667 e. The lowest BCUT2D eigenvalue weighted by Crippen LogP contribution is -2.31. The van der Waals surface area contributed by atoms with Gasteiger partial charge in [0.15, 0.2) is 0 Å². The van der Waals surface area contributed by atoms with Crippen LogP contribution in [-0.4, -0.2) is 35.7 Å². The van der Waals surface area contributed by atoms with Gasteiger partial charge in [-0.3, -0.25) is 0 Å². The van der Waals surface area contributed by atoms with E-state index < -0.39 is 0 Å². The Labute approximate surface area is 81.9 Å². The van der Waals surface area contributed by atoms with Crippen molar-refractivity contribution in [3.8, 4) is 0 Å². The summed E-state index contributed by atoms with van der Waals surface area (Å²) in [4.78, 5) is 2.39. The second kappa shape index (κ2) is 4.43. The van der Waals surface area contributed by atoms with Crippen molar-refractivity contribution in [2.45, 2.75) is 46.1 Å². The lowest BCUT2D eigenvalue weighted by molar-refractivity contribution is 0.112. The van der Waals surface area contributed by atoms with E-state index in [9.17, 15) is 5.11 Å². The van der Waals surface area contributed by atoms with Gasteiger partial charge in [-0.2, -0.15) is 0 Å². The number of aliphatic hydroxyl groups is 1. The molecular formula is C11H23NO. The highest BCUT2D eigenvalue weighted by Gasteiger charge is 2.29. The number of nitrogens with zero attached hydrogens (tertiary/aromatic N) is 1. The maximum absolute atomic E-state index is 9.64. The van der Waals surface area contributed by atoms with E-state index in [1.54, 1.807) is 0 Å². The SMILES string of the molecule is CCCC(O)CN1CCC(C)(C)C1. The third kappa shape index (κ3) is 3.65. The van der Waals surface area contributed by atoms with E-state index >= 15 is 0 Å². The molecule has 2 heteroatoms. The van der Waals surface area contributed by atoms with Gasteiger partial charge in [0.2, 0.25) is 0 Å². The molecule has 2 nitrogen and oxygen atoms in total. The fourth-order valence-electron chi connectivity index (χ4n) is 2.10. The maximum Gasteiger partial charge on any atom is 0.0667 e. The highest BCUT2D eigenvalue weighted by Crippen LogP contribution is 2.28. The molecule has 1 fully saturated rings. The molecule has 0 bridgehead atoms. The van der Waals surface area contributed by atoms with Crippen molar-refractivity contribution < 1.29 is 5.11 Å². The molecule has 0 spiro atoms. The Balaban J connectivity index is 2.24. The van der Waals surface area contributed by atoms with Gasteiger partial charge in [0.1, 0.15) is 0 Å². The van der Waals surface area contributed by atoms with Gasteiger partial charge in [-0.05, 0) is 24.8 Å². The number of hydrogen-bond acceptors (Lipinski definition) is 2. The van der Waals surface area contributed by atoms with Crippen LogP contribution in [0.3, 0.4) is 0 Å². The number of rotatable bonds is 4. The summed E-state index contributed by atoms with van der Waals surface area (Å²) in [5, 5.41) is 9.64. The Morgan fingerprint density at radius 2 is 2.15 bits per heavy atom. The van der Waals surface area contributed by atoms with Crippen LogP contribution < -0.4 is 0 Å². The van der Waals surface area contributed by atoms with Gasteiger partial charge < -0.3 is 10.0 Å². The van der Waals surface area contributed by atoms with E-state index in [2.05, 4.69) is 25.7 Å². The lowest BCUT2D eigenvalue weighted by Gasteiger charge is -2.21. The molecule has 1 unspecified atom stereocenters. The van der Waals surface area contributed by atoms with Crippen molar-refractivity contribution in [1.82, 2.24) is 4.90 Å². The van der Waals surface area contributed by atoms with Crippen LogP contribution in [0.2, 0.25) is 0 Å². The minimum Gasteiger partial charge on any atom is -0.392 e.